The minimum Gasteiger partial charge on any atom is -0.450 e. The maximum atomic E-state index is 12.4. The summed E-state index contributed by atoms with van der Waals surface area (Å²) < 4.78 is 10.6. The van der Waals surface area contributed by atoms with Crippen LogP contribution in [0.1, 0.15) is 60.3 Å². The number of carbonyl (C=O) groups excluding carboxylic acids is 2. The lowest BCUT2D eigenvalue weighted by Gasteiger charge is -2.34. The number of ether oxygens (including phenoxy) is 2. The average Bonchev–Trinajstić information content (AvgIpc) is 2.72. The molecule has 9 nitrogen and oxygen atoms in total. The third kappa shape index (κ3) is 9.99. The predicted molar refractivity (Wildman–Crippen MR) is 137 cm³/mol. The third-order valence-corrected chi connectivity index (χ3v) is 5.38. The van der Waals surface area contributed by atoms with E-state index in [0.29, 0.717) is 38.7 Å². The van der Waals surface area contributed by atoms with E-state index in [1.807, 2.05) is 34.6 Å². The predicted octanol–water partition coefficient (Wildman–Crippen LogP) is 3.43. The number of piperidine rings is 2. The van der Waals surface area contributed by atoms with Crippen molar-refractivity contribution in [3.05, 3.63) is 0 Å². The van der Waals surface area contributed by atoms with Gasteiger partial charge in [0.25, 0.3) is 0 Å². The number of rotatable bonds is 5. The number of guanidine groups is 1. The number of hydrogen-bond acceptors (Lipinski definition) is 5. The molecule has 0 spiro atoms. The summed E-state index contributed by atoms with van der Waals surface area (Å²) in [7, 11) is 0. The summed E-state index contributed by atoms with van der Waals surface area (Å²) in [5.41, 5.74) is -0.479. The maximum Gasteiger partial charge on any atom is 0.410 e. The number of nitrogens with zero attached hydrogens (tertiary/aromatic N) is 3. The highest BCUT2D eigenvalue weighted by Gasteiger charge is 2.28. The van der Waals surface area contributed by atoms with Crippen LogP contribution in [0, 0.1) is 5.92 Å². The van der Waals surface area contributed by atoms with Crippen LogP contribution in [0.4, 0.5) is 9.59 Å². The van der Waals surface area contributed by atoms with Gasteiger partial charge in [0, 0.05) is 45.3 Å². The van der Waals surface area contributed by atoms with E-state index in [1.54, 1.807) is 9.80 Å². The molecular formula is C22H42IN5O4. The van der Waals surface area contributed by atoms with Crippen LogP contribution in [-0.4, -0.2) is 85.5 Å². The highest BCUT2D eigenvalue weighted by molar-refractivity contribution is 14.0. The summed E-state index contributed by atoms with van der Waals surface area (Å²) in [6.07, 6.45) is 3.28. The molecule has 2 aliphatic rings. The molecule has 0 aromatic rings. The molecule has 2 saturated heterocycles. The number of amides is 2. The number of hydrogen-bond donors (Lipinski definition) is 2. The summed E-state index contributed by atoms with van der Waals surface area (Å²) in [6, 6.07) is 0.271. The summed E-state index contributed by atoms with van der Waals surface area (Å²) >= 11 is 0. The van der Waals surface area contributed by atoms with E-state index in [2.05, 4.69) is 10.6 Å². The lowest BCUT2D eigenvalue weighted by molar-refractivity contribution is 0.0170. The molecule has 186 valence electrons. The summed E-state index contributed by atoms with van der Waals surface area (Å²) in [4.78, 5) is 32.6. The van der Waals surface area contributed by atoms with Gasteiger partial charge in [0.05, 0.1) is 6.61 Å². The Bertz CT molecular complexity index is 618. The first-order valence-corrected chi connectivity index (χ1v) is 11.7. The Morgan fingerprint density at radius 3 is 2.31 bits per heavy atom. The topological polar surface area (TPSA) is 95.5 Å². The van der Waals surface area contributed by atoms with Crippen LogP contribution in [-0.2, 0) is 9.47 Å². The second-order valence-corrected chi connectivity index (χ2v) is 9.26. The number of likely N-dealkylation sites (tertiary alicyclic amines) is 2. The second-order valence-electron chi connectivity index (χ2n) is 9.26. The molecule has 1 unspecified atom stereocenters. The molecule has 2 heterocycles. The van der Waals surface area contributed by atoms with E-state index >= 15 is 0 Å². The Balaban J connectivity index is 0.00000512. The molecule has 1 atom stereocenters. The quantitative estimate of drug-likeness (QED) is 0.301. The fraction of sp³-hybridized carbons (Fsp3) is 0.864. The molecule has 10 heteroatoms. The largest absolute Gasteiger partial charge is 0.450 e. The van der Waals surface area contributed by atoms with Crippen molar-refractivity contribution in [1.82, 2.24) is 20.4 Å². The standard InChI is InChI=1S/C22H41N5O4.HI/c1-6-23-19(25-18-10-13-26(14-11-18)20(28)30-7-2)24-15-17-9-8-12-27(16-17)21(29)31-22(3,4)5;/h17-18H,6-16H2,1-5H3,(H2,23,24,25);1H. The zero-order valence-corrected chi connectivity index (χ0v) is 22.6. The van der Waals surface area contributed by atoms with Crippen molar-refractivity contribution >= 4 is 42.1 Å². The Morgan fingerprint density at radius 2 is 1.72 bits per heavy atom. The van der Waals surface area contributed by atoms with Crippen molar-refractivity contribution in [3.63, 3.8) is 0 Å². The normalized spacial score (nSPS) is 20.3. The van der Waals surface area contributed by atoms with E-state index in [0.717, 1.165) is 44.7 Å². The Labute approximate surface area is 210 Å². The Hall–Kier alpha value is -1.46. The molecule has 2 fully saturated rings. The lowest BCUT2D eigenvalue weighted by atomic mass is 9.98. The van der Waals surface area contributed by atoms with Crippen molar-refractivity contribution in [2.45, 2.75) is 71.9 Å². The van der Waals surface area contributed by atoms with Gasteiger partial charge in [-0.3, -0.25) is 4.99 Å². The molecule has 0 aromatic carbocycles. The molecular weight excluding hydrogens is 525 g/mol. The van der Waals surface area contributed by atoms with E-state index in [1.165, 1.54) is 0 Å². The molecule has 0 aromatic heterocycles. The monoisotopic (exact) mass is 567 g/mol. The van der Waals surface area contributed by atoms with Crippen LogP contribution in [0.25, 0.3) is 0 Å². The van der Waals surface area contributed by atoms with E-state index in [9.17, 15) is 9.59 Å². The van der Waals surface area contributed by atoms with Gasteiger partial charge in [0.15, 0.2) is 5.96 Å². The molecule has 2 rings (SSSR count). The zero-order valence-electron chi connectivity index (χ0n) is 20.3. The maximum absolute atomic E-state index is 12.4. The number of halogens is 1. The second kappa shape index (κ2) is 13.9. The van der Waals surface area contributed by atoms with Crippen molar-refractivity contribution in [1.29, 1.82) is 0 Å². The van der Waals surface area contributed by atoms with Gasteiger partial charge in [-0.25, -0.2) is 9.59 Å². The number of nitrogens with one attached hydrogen (secondary N) is 2. The minimum atomic E-state index is -0.479. The minimum absolute atomic E-state index is 0. The molecule has 0 aliphatic carbocycles. The average molecular weight is 568 g/mol. The van der Waals surface area contributed by atoms with Crippen LogP contribution < -0.4 is 10.6 Å². The SMILES string of the molecule is CCNC(=NCC1CCCN(C(=O)OC(C)(C)C)C1)NC1CCN(C(=O)OCC)CC1.I. The first kappa shape index (κ1) is 28.6. The van der Waals surface area contributed by atoms with Gasteiger partial charge in [-0.1, -0.05) is 0 Å². The Kier molecular flexibility index (Phi) is 12.5. The molecule has 0 saturated carbocycles. The molecule has 32 heavy (non-hydrogen) atoms. The van der Waals surface area contributed by atoms with Gasteiger partial charge < -0.3 is 29.9 Å². The molecule has 0 bridgehead atoms. The third-order valence-electron chi connectivity index (χ3n) is 5.38. The zero-order chi connectivity index (χ0) is 22.9. The molecule has 2 amide bonds. The van der Waals surface area contributed by atoms with E-state index < -0.39 is 5.60 Å². The lowest BCUT2D eigenvalue weighted by Crippen LogP contribution is -2.50. The van der Waals surface area contributed by atoms with E-state index in [4.69, 9.17) is 14.5 Å². The van der Waals surface area contributed by atoms with Gasteiger partial charge in [-0.15, -0.1) is 24.0 Å². The summed E-state index contributed by atoms with van der Waals surface area (Å²) in [5.74, 6) is 1.12. The highest BCUT2D eigenvalue weighted by atomic mass is 127. The van der Waals surface area contributed by atoms with Crippen molar-refractivity contribution in [2.75, 3.05) is 45.9 Å². The van der Waals surface area contributed by atoms with Crippen LogP contribution in [0.5, 0.6) is 0 Å². The fourth-order valence-corrected chi connectivity index (χ4v) is 3.86. The fourth-order valence-electron chi connectivity index (χ4n) is 3.86. The summed E-state index contributed by atoms with van der Waals surface area (Å²) in [5, 5.41) is 6.83. The molecule has 2 aliphatic heterocycles. The summed E-state index contributed by atoms with van der Waals surface area (Å²) in [6.45, 7) is 14.2. The van der Waals surface area contributed by atoms with Gasteiger partial charge >= 0.3 is 12.2 Å². The van der Waals surface area contributed by atoms with Gasteiger partial charge in [0.1, 0.15) is 5.60 Å². The van der Waals surface area contributed by atoms with Gasteiger partial charge in [-0.2, -0.15) is 0 Å². The first-order valence-electron chi connectivity index (χ1n) is 11.7. The number of carbonyl (C=O) groups is 2. The highest BCUT2D eigenvalue weighted by Crippen LogP contribution is 2.20. The van der Waals surface area contributed by atoms with Gasteiger partial charge in [0.2, 0.25) is 0 Å². The Morgan fingerprint density at radius 1 is 1.03 bits per heavy atom. The van der Waals surface area contributed by atoms with Crippen LogP contribution in [0.2, 0.25) is 0 Å². The number of aliphatic imine (C=N–C) groups is 1. The smallest absolute Gasteiger partial charge is 0.410 e. The van der Waals surface area contributed by atoms with Crippen molar-refractivity contribution < 1.29 is 19.1 Å². The van der Waals surface area contributed by atoms with Crippen LogP contribution in [0.15, 0.2) is 4.99 Å². The first-order chi connectivity index (χ1) is 14.7. The van der Waals surface area contributed by atoms with Crippen molar-refractivity contribution in [3.8, 4) is 0 Å². The molecule has 0 radical (unpaired) electrons. The van der Waals surface area contributed by atoms with Crippen molar-refractivity contribution in [2.24, 2.45) is 10.9 Å². The van der Waals surface area contributed by atoms with Crippen LogP contribution >= 0.6 is 24.0 Å². The van der Waals surface area contributed by atoms with E-state index in [-0.39, 0.29) is 42.2 Å². The van der Waals surface area contributed by atoms with Crippen LogP contribution in [0.3, 0.4) is 0 Å². The molecule has 2 N–H and O–H groups in total. The van der Waals surface area contributed by atoms with Gasteiger partial charge in [-0.05, 0) is 66.2 Å².